The van der Waals surface area contributed by atoms with E-state index in [4.69, 9.17) is 4.74 Å². The Morgan fingerprint density at radius 2 is 1.35 bits per heavy atom. The lowest BCUT2D eigenvalue weighted by atomic mass is 9.84. The monoisotopic (exact) mass is 365 g/mol. The highest BCUT2D eigenvalue weighted by Gasteiger charge is 2.31. The van der Waals surface area contributed by atoms with Crippen molar-refractivity contribution in [3.8, 4) is 0 Å². The molecule has 5 heteroatoms. The van der Waals surface area contributed by atoms with Crippen molar-refractivity contribution >= 4 is 23.2 Å². The summed E-state index contributed by atoms with van der Waals surface area (Å²) in [5.74, 6) is -0.678. The summed E-state index contributed by atoms with van der Waals surface area (Å²) in [5.41, 5.74) is 1.25. The fourth-order valence-corrected chi connectivity index (χ4v) is 3.63. The molecule has 1 N–H and O–H groups in total. The van der Waals surface area contributed by atoms with Gasteiger partial charge in [-0.05, 0) is 30.2 Å². The fraction of sp³-hybridized carbons (Fsp3) is 0.143. The maximum atomic E-state index is 12.9. The van der Waals surface area contributed by atoms with Gasteiger partial charge in [-0.2, -0.15) is 0 Å². The zero-order valence-electron chi connectivity index (χ0n) is 14.6. The highest BCUT2D eigenvalue weighted by Crippen LogP contribution is 2.30. The highest BCUT2D eigenvalue weighted by atomic mass is 32.1. The van der Waals surface area contributed by atoms with Gasteiger partial charge in [-0.25, -0.2) is 4.79 Å². The summed E-state index contributed by atoms with van der Waals surface area (Å²) < 4.78 is 4.71. The van der Waals surface area contributed by atoms with Crippen LogP contribution in [0.15, 0.2) is 72.8 Å². The summed E-state index contributed by atoms with van der Waals surface area (Å²) >= 11 is 1.12. The molecule has 1 aromatic heterocycles. The zero-order chi connectivity index (χ0) is 18.6. The number of hydrogen-bond donors (Lipinski definition) is 1. The van der Waals surface area contributed by atoms with E-state index in [1.54, 1.807) is 12.1 Å². The Labute approximate surface area is 156 Å². The van der Waals surface area contributed by atoms with Crippen LogP contribution in [-0.2, 0) is 10.3 Å². The molecule has 0 fully saturated rings. The summed E-state index contributed by atoms with van der Waals surface area (Å²) in [6.07, 6.45) is 0. The van der Waals surface area contributed by atoms with Gasteiger partial charge < -0.3 is 10.1 Å². The Morgan fingerprint density at radius 1 is 0.846 bits per heavy atom. The zero-order valence-corrected chi connectivity index (χ0v) is 15.4. The normalized spacial score (nSPS) is 11.0. The average molecular weight is 365 g/mol. The second kappa shape index (κ2) is 7.54. The van der Waals surface area contributed by atoms with Gasteiger partial charge in [0.2, 0.25) is 0 Å². The van der Waals surface area contributed by atoms with E-state index in [-0.39, 0.29) is 5.91 Å². The maximum Gasteiger partial charge on any atom is 0.348 e. The number of carbonyl (C=O) groups is 2. The first-order valence-electron chi connectivity index (χ1n) is 8.16. The van der Waals surface area contributed by atoms with Crippen LogP contribution in [-0.4, -0.2) is 19.0 Å². The van der Waals surface area contributed by atoms with Crippen molar-refractivity contribution < 1.29 is 14.3 Å². The van der Waals surface area contributed by atoms with E-state index in [0.717, 1.165) is 22.5 Å². The Hall–Kier alpha value is -2.92. The molecule has 132 valence electrons. The molecule has 3 rings (SSSR count). The summed E-state index contributed by atoms with van der Waals surface area (Å²) in [5, 5.41) is 3.13. The van der Waals surface area contributed by atoms with Gasteiger partial charge in [0.1, 0.15) is 4.88 Å². The first-order chi connectivity index (χ1) is 12.5. The lowest BCUT2D eigenvalue weighted by molar-refractivity contribution is 0.0606. The van der Waals surface area contributed by atoms with Crippen LogP contribution in [0.2, 0.25) is 0 Å². The van der Waals surface area contributed by atoms with Gasteiger partial charge in [0.15, 0.2) is 0 Å². The molecule has 0 bridgehead atoms. The fourth-order valence-electron chi connectivity index (χ4n) is 2.81. The molecule has 0 aliphatic carbocycles. The van der Waals surface area contributed by atoms with Crippen LogP contribution in [0.1, 0.15) is 37.4 Å². The van der Waals surface area contributed by atoms with Crippen LogP contribution < -0.4 is 5.32 Å². The quantitative estimate of drug-likeness (QED) is 0.689. The van der Waals surface area contributed by atoms with Crippen molar-refractivity contribution in [1.82, 2.24) is 5.32 Å². The standard InChI is InChI=1S/C21H19NO3S/c1-21(15-9-5-3-6-10-15,16-11-7-4-8-12-16)22-19(23)17-13-14-18(26-17)20(24)25-2/h3-14H,1-2H3,(H,22,23). The number of benzene rings is 2. The van der Waals surface area contributed by atoms with Crippen LogP contribution in [0, 0.1) is 0 Å². The molecule has 0 saturated carbocycles. The molecule has 1 heterocycles. The van der Waals surface area contributed by atoms with E-state index in [0.29, 0.717) is 9.75 Å². The number of amides is 1. The van der Waals surface area contributed by atoms with Gasteiger partial charge in [-0.1, -0.05) is 60.7 Å². The maximum absolute atomic E-state index is 12.9. The van der Waals surface area contributed by atoms with Crippen molar-refractivity contribution in [2.75, 3.05) is 7.11 Å². The van der Waals surface area contributed by atoms with E-state index in [1.165, 1.54) is 7.11 Å². The molecular formula is C21H19NO3S. The molecule has 0 aliphatic heterocycles. The molecule has 0 saturated heterocycles. The summed E-state index contributed by atoms with van der Waals surface area (Å²) in [7, 11) is 1.32. The Balaban J connectivity index is 1.95. The third-order valence-electron chi connectivity index (χ3n) is 4.28. The van der Waals surface area contributed by atoms with Gasteiger partial charge in [-0.15, -0.1) is 11.3 Å². The van der Waals surface area contributed by atoms with Gasteiger partial charge in [-0.3, -0.25) is 4.79 Å². The van der Waals surface area contributed by atoms with Crippen LogP contribution in [0.3, 0.4) is 0 Å². The second-order valence-corrected chi connectivity index (χ2v) is 7.05. The third-order valence-corrected chi connectivity index (χ3v) is 5.35. The van der Waals surface area contributed by atoms with Crippen LogP contribution >= 0.6 is 11.3 Å². The van der Waals surface area contributed by atoms with Crippen molar-refractivity contribution in [1.29, 1.82) is 0 Å². The SMILES string of the molecule is COC(=O)c1ccc(C(=O)NC(C)(c2ccccc2)c2ccccc2)s1. The van der Waals surface area contributed by atoms with Gasteiger partial charge >= 0.3 is 5.97 Å². The Morgan fingerprint density at radius 3 is 1.85 bits per heavy atom. The van der Waals surface area contributed by atoms with Gasteiger partial charge in [0, 0.05) is 0 Å². The summed E-state index contributed by atoms with van der Waals surface area (Å²) in [4.78, 5) is 25.4. The van der Waals surface area contributed by atoms with Crippen LogP contribution in [0.25, 0.3) is 0 Å². The van der Waals surface area contributed by atoms with E-state index < -0.39 is 11.5 Å². The van der Waals surface area contributed by atoms with E-state index >= 15 is 0 Å². The van der Waals surface area contributed by atoms with Gasteiger partial charge in [0.25, 0.3) is 5.91 Å². The number of hydrogen-bond acceptors (Lipinski definition) is 4. The number of esters is 1. The molecule has 3 aromatic rings. The number of nitrogens with one attached hydrogen (secondary N) is 1. The third kappa shape index (κ3) is 3.53. The largest absolute Gasteiger partial charge is 0.465 e. The van der Waals surface area contributed by atoms with Crippen molar-refractivity contribution in [2.45, 2.75) is 12.5 Å². The predicted molar refractivity (Wildman–Crippen MR) is 102 cm³/mol. The minimum atomic E-state index is -0.699. The summed E-state index contributed by atoms with van der Waals surface area (Å²) in [6, 6.07) is 22.9. The molecule has 26 heavy (non-hydrogen) atoms. The first kappa shape index (κ1) is 17.9. The Kier molecular flexibility index (Phi) is 5.19. The number of thiophene rings is 1. The number of carbonyl (C=O) groups excluding carboxylic acids is 2. The van der Waals surface area contributed by atoms with Crippen molar-refractivity contribution in [3.63, 3.8) is 0 Å². The lowest BCUT2D eigenvalue weighted by Crippen LogP contribution is -2.44. The van der Waals surface area contributed by atoms with Crippen molar-refractivity contribution in [3.05, 3.63) is 93.7 Å². The summed E-state index contributed by atoms with van der Waals surface area (Å²) in [6.45, 7) is 1.98. The lowest BCUT2D eigenvalue weighted by Gasteiger charge is -2.32. The Bertz CT molecular complexity index is 864. The topological polar surface area (TPSA) is 55.4 Å². The van der Waals surface area contributed by atoms with Crippen molar-refractivity contribution in [2.24, 2.45) is 0 Å². The molecule has 0 spiro atoms. The number of ether oxygens (including phenoxy) is 1. The number of rotatable bonds is 5. The predicted octanol–water partition coefficient (Wildman–Crippen LogP) is 4.23. The number of methoxy groups -OCH3 is 1. The smallest absolute Gasteiger partial charge is 0.348 e. The molecule has 0 unspecified atom stereocenters. The second-order valence-electron chi connectivity index (χ2n) is 5.97. The highest BCUT2D eigenvalue weighted by molar-refractivity contribution is 7.15. The molecule has 0 atom stereocenters. The minimum absolute atomic E-state index is 0.236. The van der Waals surface area contributed by atoms with Crippen LogP contribution in [0.5, 0.6) is 0 Å². The molecular weight excluding hydrogens is 346 g/mol. The minimum Gasteiger partial charge on any atom is -0.465 e. The molecule has 2 aromatic carbocycles. The average Bonchev–Trinajstić information content (AvgIpc) is 3.19. The molecule has 1 amide bonds. The first-order valence-corrected chi connectivity index (χ1v) is 8.98. The molecule has 0 radical (unpaired) electrons. The van der Waals surface area contributed by atoms with E-state index in [2.05, 4.69) is 5.32 Å². The van der Waals surface area contributed by atoms with E-state index in [9.17, 15) is 9.59 Å². The van der Waals surface area contributed by atoms with E-state index in [1.807, 2.05) is 67.6 Å². The van der Waals surface area contributed by atoms with Crippen LogP contribution in [0.4, 0.5) is 0 Å². The molecule has 0 aliphatic rings. The van der Waals surface area contributed by atoms with Gasteiger partial charge in [0.05, 0.1) is 17.5 Å². The molecule has 4 nitrogen and oxygen atoms in total.